The van der Waals surface area contributed by atoms with Gasteiger partial charge in [0.1, 0.15) is 17.2 Å². The van der Waals surface area contributed by atoms with Crippen LogP contribution in [0.1, 0.15) is 16.1 Å². The Morgan fingerprint density at radius 2 is 1.86 bits per heavy atom. The number of carbonyl (C=O) groups excluding carboxylic acids is 2. The zero-order valence-corrected chi connectivity index (χ0v) is 15.1. The van der Waals surface area contributed by atoms with Crippen LogP contribution in [0.3, 0.4) is 0 Å². The van der Waals surface area contributed by atoms with Crippen molar-refractivity contribution in [3.63, 3.8) is 0 Å². The van der Waals surface area contributed by atoms with Crippen molar-refractivity contribution in [2.24, 2.45) is 0 Å². The van der Waals surface area contributed by atoms with E-state index in [1.807, 2.05) is 12.1 Å². The maximum absolute atomic E-state index is 12.4. The largest absolute Gasteiger partial charge is 0.493 e. The summed E-state index contributed by atoms with van der Waals surface area (Å²) in [5, 5.41) is 9.83. The number of methoxy groups -OCH3 is 2. The van der Waals surface area contributed by atoms with Crippen molar-refractivity contribution in [1.82, 2.24) is 0 Å². The van der Waals surface area contributed by atoms with Crippen LogP contribution < -0.4 is 9.47 Å². The summed E-state index contributed by atoms with van der Waals surface area (Å²) in [5.41, 5.74) is 0.910. The highest BCUT2D eigenvalue weighted by Crippen LogP contribution is 2.30. The molecule has 1 heterocycles. The van der Waals surface area contributed by atoms with Crippen LogP contribution in [0, 0.1) is 11.3 Å². The van der Waals surface area contributed by atoms with Gasteiger partial charge in [0, 0.05) is 5.39 Å². The molecular formula is C21H15NO6. The van der Waals surface area contributed by atoms with E-state index >= 15 is 0 Å². The van der Waals surface area contributed by atoms with Crippen molar-refractivity contribution in [3.05, 3.63) is 65.4 Å². The molecule has 0 unspecified atom stereocenters. The molecule has 2 aromatic carbocycles. The summed E-state index contributed by atoms with van der Waals surface area (Å²) in [6.45, 7) is 0. The number of nitriles is 1. The first-order valence-corrected chi connectivity index (χ1v) is 8.14. The predicted octanol–water partition coefficient (Wildman–Crippen LogP) is 3.74. The molecular weight excluding hydrogens is 362 g/mol. The summed E-state index contributed by atoms with van der Waals surface area (Å²) < 4.78 is 20.7. The summed E-state index contributed by atoms with van der Waals surface area (Å²) in [5.74, 6) is -0.946. The van der Waals surface area contributed by atoms with E-state index in [1.54, 1.807) is 30.3 Å². The van der Waals surface area contributed by atoms with Gasteiger partial charge in [-0.05, 0) is 35.9 Å². The van der Waals surface area contributed by atoms with Gasteiger partial charge in [-0.15, -0.1) is 0 Å². The Hall–Kier alpha value is -4.05. The molecule has 0 aliphatic carbocycles. The van der Waals surface area contributed by atoms with Crippen molar-refractivity contribution in [2.75, 3.05) is 14.2 Å². The van der Waals surface area contributed by atoms with Crippen LogP contribution in [0.4, 0.5) is 0 Å². The van der Waals surface area contributed by atoms with Gasteiger partial charge in [-0.1, -0.05) is 24.3 Å². The van der Waals surface area contributed by atoms with E-state index < -0.39 is 11.9 Å². The molecule has 0 fully saturated rings. The minimum absolute atomic E-state index is 0.0599. The third kappa shape index (κ3) is 3.86. The summed E-state index contributed by atoms with van der Waals surface area (Å²) in [4.78, 5) is 23.9. The van der Waals surface area contributed by atoms with Crippen LogP contribution in [-0.4, -0.2) is 26.2 Å². The molecule has 0 N–H and O–H groups in total. The molecule has 140 valence electrons. The van der Waals surface area contributed by atoms with Gasteiger partial charge in [0.2, 0.25) is 5.76 Å². The van der Waals surface area contributed by atoms with Crippen molar-refractivity contribution in [1.29, 1.82) is 5.26 Å². The third-order valence-corrected chi connectivity index (χ3v) is 3.85. The molecule has 0 amide bonds. The first-order valence-electron chi connectivity index (χ1n) is 8.14. The van der Waals surface area contributed by atoms with Gasteiger partial charge in [-0.3, -0.25) is 0 Å². The molecule has 3 aromatic rings. The van der Waals surface area contributed by atoms with E-state index in [0.29, 0.717) is 11.1 Å². The number of hydrogen-bond donors (Lipinski definition) is 0. The number of rotatable bonds is 5. The number of ether oxygens (including phenoxy) is 3. The summed E-state index contributed by atoms with van der Waals surface area (Å²) in [6.07, 6.45) is 1.35. The number of carbonyl (C=O) groups is 2. The second kappa shape index (κ2) is 8.10. The van der Waals surface area contributed by atoms with Crippen molar-refractivity contribution in [2.45, 2.75) is 0 Å². The molecule has 0 aliphatic rings. The van der Waals surface area contributed by atoms with Gasteiger partial charge in [0.05, 0.1) is 14.2 Å². The maximum Gasteiger partial charge on any atom is 0.379 e. The SMILES string of the molecule is COC(=O)/C(C#N)=C\c1ccc(OC(=O)c2cc3ccccc3o2)c(OC)c1. The molecule has 0 bridgehead atoms. The Labute approximate surface area is 160 Å². The first kappa shape index (κ1) is 18.7. The van der Waals surface area contributed by atoms with Crippen LogP contribution in [0.2, 0.25) is 0 Å². The van der Waals surface area contributed by atoms with E-state index in [4.69, 9.17) is 19.2 Å². The fourth-order valence-corrected chi connectivity index (χ4v) is 2.50. The van der Waals surface area contributed by atoms with E-state index in [-0.39, 0.29) is 22.8 Å². The van der Waals surface area contributed by atoms with Crippen LogP contribution in [-0.2, 0) is 9.53 Å². The average molecular weight is 377 g/mol. The molecule has 0 saturated heterocycles. The normalized spacial score (nSPS) is 11.0. The molecule has 3 rings (SSSR count). The lowest BCUT2D eigenvalue weighted by Gasteiger charge is -2.09. The smallest absolute Gasteiger partial charge is 0.379 e. The zero-order chi connectivity index (χ0) is 20.1. The lowest BCUT2D eigenvalue weighted by Crippen LogP contribution is -2.08. The third-order valence-electron chi connectivity index (χ3n) is 3.85. The Kier molecular flexibility index (Phi) is 5.42. The standard InChI is InChI=1S/C21H15NO6/c1-25-18-10-13(9-15(12-22)20(23)26-2)7-8-17(18)28-21(24)19-11-14-5-3-4-6-16(14)27-19/h3-11H,1-2H3/b15-9-. The van der Waals surface area contributed by atoms with Crippen molar-refractivity contribution >= 4 is 29.0 Å². The fraction of sp³-hybridized carbons (Fsp3) is 0.0952. The quantitative estimate of drug-likeness (QED) is 0.289. The number of benzene rings is 2. The minimum Gasteiger partial charge on any atom is -0.493 e. The number of esters is 2. The highest BCUT2D eigenvalue weighted by atomic mass is 16.6. The van der Waals surface area contributed by atoms with Crippen LogP contribution >= 0.6 is 0 Å². The van der Waals surface area contributed by atoms with E-state index in [9.17, 15) is 9.59 Å². The molecule has 28 heavy (non-hydrogen) atoms. The van der Waals surface area contributed by atoms with Crippen molar-refractivity contribution < 1.29 is 28.2 Å². The minimum atomic E-state index is -0.748. The molecule has 0 atom stereocenters. The number of para-hydroxylation sites is 1. The molecule has 0 aliphatic heterocycles. The summed E-state index contributed by atoms with van der Waals surface area (Å²) in [6, 6.07) is 15.2. The number of furan rings is 1. The molecule has 0 saturated carbocycles. The van der Waals surface area contributed by atoms with Crippen LogP contribution in [0.5, 0.6) is 11.5 Å². The second-order valence-corrected chi connectivity index (χ2v) is 5.61. The first-order chi connectivity index (χ1) is 13.5. The molecule has 0 spiro atoms. The van der Waals surface area contributed by atoms with E-state index in [1.165, 1.54) is 32.4 Å². The maximum atomic E-state index is 12.4. The summed E-state index contributed by atoms with van der Waals surface area (Å²) in [7, 11) is 2.60. The molecule has 1 aromatic heterocycles. The highest BCUT2D eigenvalue weighted by Gasteiger charge is 2.17. The molecule has 7 nitrogen and oxygen atoms in total. The Morgan fingerprint density at radius 1 is 1.07 bits per heavy atom. The van der Waals surface area contributed by atoms with Gasteiger partial charge in [0.25, 0.3) is 0 Å². The lowest BCUT2D eigenvalue weighted by atomic mass is 10.1. The van der Waals surface area contributed by atoms with Gasteiger partial charge < -0.3 is 18.6 Å². The topological polar surface area (TPSA) is 98.8 Å². The highest BCUT2D eigenvalue weighted by molar-refractivity contribution is 5.98. The Bertz CT molecular complexity index is 1090. The van der Waals surface area contributed by atoms with Crippen LogP contribution in [0.25, 0.3) is 17.0 Å². The van der Waals surface area contributed by atoms with Crippen molar-refractivity contribution in [3.8, 4) is 17.6 Å². The number of nitrogens with zero attached hydrogens (tertiary/aromatic N) is 1. The van der Waals surface area contributed by atoms with Gasteiger partial charge in [0.15, 0.2) is 11.5 Å². The van der Waals surface area contributed by atoms with Crippen LogP contribution in [0.15, 0.2) is 58.5 Å². The number of hydrogen-bond acceptors (Lipinski definition) is 7. The van der Waals surface area contributed by atoms with Gasteiger partial charge in [-0.25, -0.2) is 9.59 Å². The fourth-order valence-electron chi connectivity index (χ4n) is 2.50. The molecule has 7 heteroatoms. The van der Waals surface area contributed by atoms with E-state index in [0.717, 1.165) is 5.39 Å². The zero-order valence-electron chi connectivity index (χ0n) is 15.1. The Balaban J connectivity index is 1.86. The van der Waals surface area contributed by atoms with Gasteiger partial charge >= 0.3 is 11.9 Å². The Morgan fingerprint density at radius 3 is 2.54 bits per heavy atom. The second-order valence-electron chi connectivity index (χ2n) is 5.61. The average Bonchev–Trinajstić information content (AvgIpc) is 3.16. The summed E-state index contributed by atoms with van der Waals surface area (Å²) >= 11 is 0. The van der Waals surface area contributed by atoms with E-state index in [2.05, 4.69) is 4.74 Å². The lowest BCUT2D eigenvalue weighted by molar-refractivity contribution is -0.135. The van der Waals surface area contributed by atoms with Gasteiger partial charge in [-0.2, -0.15) is 5.26 Å². The monoisotopic (exact) mass is 377 g/mol. The molecule has 0 radical (unpaired) electrons. The number of fused-ring (bicyclic) bond motifs is 1. The predicted molar refractivity (Wildman–Crippen MR) is 99.8 cm³/mol.